The molecule has 31 heavy (non-hydrogen) atoms. The zero-order valence-electron chi connectivity index (χ0n) is 16.9. The number of benzene rings is 2. The number of nitro groups is 1. The molecule has 0 N–H and O–H groups in total. The molecule has 1 saturated heterocycles. The number of nitrogens with zero attached hydrogens (tertiary/aromatic N) is 5. The van der Waals surface area contributed by atoms with Gasteiger partial charge in [0.1, 0.15) is 5.75 Å². The number of carbonyl (C=O) groups excluding carboxylic acids is 1. The molecular weight excluding hydrogens is 402 g/mol. The normalized spacial score (nSPS) is 14.4. The van der Waals surface area contributed by atoms with Crippen molar-refractivity contribution < 1.29 is 19.0 Å². The highest BCUT2D eigenvalue weighted by Crippen LogP contribution is 2.21. The first-order chi connectivity index (χ1) is 15.0. The van der Waals surface area contributed by atoms with Crippen LogP contribution in [0.3, 0.4) is 0 Å². The molecule has 1 fully saturated rings. The van der Waals surface area contributed by atoms with Gasteiger partial charge >= 0.3 is 0 Å². The van der Waals surface area contributed by atoms with Crippen LogP contribution in [0.25, 0.3) is 11.5 Å². The lowest BCUT2D eigenvalue weighted by Crippen LogP contribution is -2.48. The monoisotopic (exact) mass is 423 g/mol. The van der Waals surface area contributed by atoms with Crippen LogP contribution < -0.4 is 4.74 Å². The number of methoxy groups -OCH3 is 1. The molecule has 2 aromatic carbocycles. The van der Waals surface area contributed by atoms with Gasteiger partial charge in [-0.1, -0.05) is 5.16 Å². The minimum Gasteiger partial charge on any atom is -0.497 e. The summed E-state index contributed by atoms with van der Waals surface area (Å²) < 4.78 is 10.5. The Balaban J connectivity index is 1.31. The Kier molecular flexibility index (Phi) is 5.89. The molecule has 10 heteroatoms. The second-order valence-electron chi connectivity index (χ2n) is 7.12. The van der Waals surface area contributed by atoms with Crippen molar-refractivity contribution in [1.82, 2.24) is 19.9 Å². The summed E-state index contributed by atoms with van der Waals surface area (Å²) in [6, 6.07) is 13.1. The highest BCUT2D eigenvalue weighted by molar-refractivity contribution is 5.94. The van der Waals surface area contributed by atoms with Crippen molar-refractivity contribution in [3.8, 4) is 17.2 Å². The molecule has 4 rings (SSSR count). The highest BCUT2D eigenvalue weighted by atomic mass is 16.6. The van der Waals surface area contributed by atoms with E-state index in [1.165, 1.54) is 24.3 Å². The Bertz CT molecular complexity index is 1060. The third-order valence-corrected chi connectivity index (χ3v) is 5.15. The summed E-state index contributed by atoms with van der Waals surface area (Å²) in [5.74, 6) is 1.66. The van der Waals surface area contributed by atoms with E-state index in [4.69, 9.17) is 9.26 Å². The Morgan fingerprint density at radius 2 is 1.77 bits per heavy atom. The van der Waals surface area contributed by atoms with Gasteiger partial charge in [-0.05, 0) is 36.4 Å². The van der Waals surface area contributed by atoms with E-state index in [1.807, 2.05) is 24.3 Å². The summed E-state index contributed by atoms with van der Waals surface area (Å²) in [6.45, 7) is 2.98. The average Bonchev–Trinajstić information content (AvgIpc) is 3.27. The van der Waals surface area contributed by atoms with Gasteiger partial charge in [-0.25, -0.2) is 0 Å². The second-order valence-corrected chi connectivity index (χ2v) is 7.12. The van der Waals surface area contributed by atoms with Gasteiger partial charge in [0.2, 0.25) is 0 Å². The minimum absolute atomic E-state index is 0.0320. The van der Waals surface area contributed by atoms with Gasteiger partial charge in [0.05, 0.1) is 18.6 Å². The summed E-state index contributed by atoms with van der Waals surface area (Å²) >= 11 is 0. The lowest BCUT2D eigenvalue weighted by atomic mass is 10.1. The SMILES string of the molecule is COc1ccc(-c2nc(CN3CCN(C(=O)c4ccc([N+](=O)[O-])cc4)CC3)no2)cc1. The van der Waals surface area contributed by atoms with Crippen molar-refractivity contribution in [2.45, 2.75) is 6.54 Å². The van der Waals surface area contributed by atoms with Crippen molar-refractivity contribution in [2.24, 2.45) is 0 Å². The molecule has 0 spiro atoms. The van der Waals surface area contributed by atoms with E-state index in [0.717, 1.165) is 11.3 Å². The number of non-ortho nitro benzene ring substituents is 1. The predicted molar refractivity (Wildman–Crippen MR) is 111 cm³/mol. The van der Waals surface area contributed by atoms with Crippen LogP contribution in [0.4, 0.5) is 5.69 Å². The Morgan fingerprint density at radius 1 is 1.10 bits per heavy atom. The van der Waals surface area contributed by atoms with Crippen LogP contribution in [0.1, 0.15) is 16.2 Å². The van der Waals surface area contributed by atoms with Gasteiger partial charge < -0.3 is 14.2 Å². The quantitative estimate of drug-likeness (QED) is 0.439. The number of hydrogen-bond acceptors (Lipinski definition) is 8. The van der Waals surface area contributed by atoms with Crippen LogP contribution in [-0.2, 0) is 6.54 Å². The summed E-state index contributed by atoms with van der Waals surface area (Å²) in [6.07, 6.45) is 0. The lowest BCUT2D eigenvalue weighted by Gasteiger charge is -2.34. The van der Waals surface area contributed by atoms with Gasteiger partial charge in [0.25, 0.3) is 17.5 Å². The summed E-state index contributed by atoms with van der Waals surface area (Å²) in [5.41, 5.74) is 1.23. The van der Waals surface area contributed by atoms with Crippen molar-refractivity contribution >= 4 is 11.6 Å². The molecular formula is C21H21N5O5. The molecule has 1 aliphatic rings. The topological polar surface area (TPSA) is 115 Å². The van der Waals surface area contributed by atoms with Crippen LogP contribution in [0.2, 0.25) is 0 Å². The van der Waals surface area contributed by atoms with Crippen molar-refractivity contribution in [1.29, 1.82) is 0 Å². The maximum atomic E-state index is 12.6. The van der Waals surface area contributed by atoms with Gasteiger partial charge in [0, 0.05) is 49.4 Å². The summed E-state index contributed by atoms with van der Waals surface area (Å²) in [7, 11) is 1.61. The van der Waals surface area contributed by atoms with Gasteiger partial charge in [-0.15, -0.1) is 0 Å². The minimum atomic E-state index is -0.481. The molecule has 0 unspecified atom stereocenters. The zero-order valence-corrected chi connectivity index (χ0v) is 16.9. The molecule has 1 aliphatic heterocycles. The van der Waals surface area contributed by atoms with Crippen LogP contribution >= 0.6 is 0 Å². The number of piperazine rings is 1. The molecule has 2 heterocycles. The third kappa shape index (κ3) is 4.69. The predicted octanol–water partition coefficient (Wildman–Crippen LogP) is 2.61. The van der Waals surface area contributed by atoms with Crippen LogP contribution in [0.15, 0.2) is 53.1 Å². The number of aromatic nitrogens is 2. The molecule has 10 nitrogen and oxygen atoms in total. The molecule has 1 aromatic heterocycles. The van der Waals surface area contributed by atoms with Gasteiger partial charge in [0.15, 0.2) is 5.82 Å². The Morgan fingerprint density at radius 3 is 2.39 bits per heavy atom. The summed E-state index contributed by atoms with van der Waals surface area (Å²) in [4.78, 5) is 31.3. The molecule has 160 valence electrons. The summed E-state index contributed by atoms with van der Waals surface area (Å²) in [5, 5.41) is 14.8. The molecule has 0 bridgehead atoms. The van der Waals surface area contributed by atoms with E-state index in [1.54, 1.807) is 12.0 Å². The number of carbonyl (C=O) groups is 1. The fourth-order valence-corrected chi connectivity index (χ4v) is 3.39. The second kappa shape index (κ2) is 8.92. The van der Waals surface area contributed by atoms with Crippen LogP contribution in [0, 0.1) is 10.1 Å². The number of hydrogen-bond donors (Lipinski definition) is 0. The van der Waals surface area contributed by atoms with E-state index < -0.39 is 4.92 Å². The maximum Gasteiger partial charge on any atom is 0.269 e. The number of amides is 1. The standard InChI is InChI=1S/C21H21N5O5/c1-30-18-8-4-15(5-9-18)20-22-19(23-31-20)14-24-10-12-25(13-11-24)21(27)16-2-6-17(7-3-16)26(28)29/h2-9H,10-14H2,1H3. The van der Waals surface area contributed by atoms with E-state index in [9.17, 15) is 14.9 Å². The molecule has 3 aromatic rings. The van der Waals surface area contributed by atoms with E-state index in [0.29, 0.717) is 50.0 Å². The molecule has 0 atom stereocenters. The molecule has 0 radical (unpaired) electrons. The van der Waals surface area contributed by atoms with Crippen molar-refractivity contribution in [3.63, 3.8) is 0 Å². The largest absolute Gasteiger partial charge is 0.497 e. The van der Waals surface area contributed by atoms with E-state index >= 15 is 0 Å². The highest BCUT2D eigenvalue weighted by Gasteiger charge is 2.23. The third-order valence-electron chi connectivity index (χ3n) is 5.15. The first kappa shape index (κ1) is 20.5. The van der Waals surface area contributed by atoms with Gasteiger partial charge in [-0.3, -0.25) is 19.8 Å². The van der Waals surface area contributed by atoms with E-state index in [-0.39, 0.29) is 11.6 Å². The Labute approximate surface area is 178 Å². The first-order valence-electron chi connectivity index (χ1n) is 9.76. The lowest BCUT2D eigenvalue weighted by molar-refractivity contribution is -0.384. The fraction of sp³-hybridized carbons (Fsp3) is 0.286. The van der Waals surface area contributed by atoms with Crippen LogP contribution in [0.5, 0.6) is 5.75 Å². The fourth-order valence-electron chi connectivity index (χ4n) is 3.39. The number of rotatable bonds is 6. The maximum absolute atomic E-state index is 12.6. The zero-order chi connectivity index (χ0) is 21.8. The van der Waals surface area contributed by atoms with Crippen LogP contribution in [-0.4, -0.2) is 64.1 Å². The molecule has 0 aliphatic carbocycles. The van der Waals surface area contributed by atoms with Crippen molar-refractivity contribution in [2.75, 3.05) is 33.3 Å². The molecule has 0 saturated carbocycles. The average molecular weight is 423 g/mol. The number of nitro benzene ring substituents is 1. The molecule has 1 amide bonds. The smallest absolute Gasteiger partial charge is 0.269 e. The number of ether oxygens (including phenoxy) is 1. The van der Waals surface area contributed by atoms with Crippen molar-refractivity contribution in [3.05, 3.63) is 70.0 Å². The van der Waals surface area contributed by atoms with Gasteiger partial charge in [-0.2, -0.15) is 4.98 Å². The van der Waals surface area contributed by atoms with E-state index in [2.05, 4.69) is 15.0 Å². The Hall–Kier alpha value is -3.79. The first-order valence-corrected chi connectivity index (χ1v) is 9.76.